The third kappa shape index (κ3) is 5.45. The second kappa shape index (κ2) is 8.29. The van der Waals surface area contributed by atoms with Crippen LogP contribution < -0.4 is 10.6 Å². The Bertz CT molecular complexity index is 480. The number of unbranched alkanes of at least 4 members (excludes halogenated alkanes) is 1. The molecular weight excluding hydrogens is 268 g/mol. The first-order valence-electron chi connectivity index (χ1n) is 7.28. The highest BCUT2D eigenvalue weighted by Gasteiger charge is 2.19. The Morgan fingerprint density at radius 1 is 1.24 bits per heavy atom. The summed E-state index contributed by atoms with van der Waals surface area (Å²) in [5.74, 6) is -1.29. The Labute approximate surface area is 125 Å². The lowest BCUT2D eigenvalue weighted by Gasteiger charge is -2.16. The predicted octanol–water partition coefficient (Wildman–Crippen LogP) is 2.47. The molecule has 1 atom stereocenters. The molecular formula is C16H24N2O3. The van der Waals surface area contributed by atoms with Crippen LogP contribution in [0.4, 0.5) is 5.69 Å². The summed E-state index contributed by atoms with van der Waals surface area (Å²) >= 11 is 0. The zero-order valence-corrected chi connectivity index (χ0v) is 12.9. The van der Waals surface area contributed by atoms with E-state index >= 15 is 0 Å². The smallest absolute Gasteiger partial charge is 0.326 e. The first-order valence-corrected chi connectivity index (χ1v) is 7.28. The van der Waals surface area contributed by atoms with Crippen LogP contribution in [0.25, 0.3) is 0 Å². The maximum atomic E-state index is 11.9. The fourth-order valence-corrected chi connectivity index (χ4v) is 2.17. The minimum absolute atomic E-state index is 0.0710. The van der Waals surface area contributed by atoms with Crippen LogP contribution in [0.1, 0.15) is 37.3 Å². The summed E-state index contributed by atoms with van der Waals surface area (Å²) < 4.78 is 0. The molecule has 5 nitrogen and oxygen atoms in total. The monoisotopic (exact) mass is 292 g/mol. The molecule has 1 aromatic carbocycles. The van der Waals surface area contributed by atoms with Crippen molar-refractivity contribution in [1.29, 1.82) is 0 Å². The number of aliphatic carboxylic acids is 1. The molecule has 0 heterocycles. The average molecular weight is 292 g/mol. The fourth-order valence-electron chi connectivity index (χ4n) is 2.17. The number of para-hydroxylation sites is 1. The van der Waals surface area contributed by atoms with Gasteiger partial charge in [-0.05, 0) is 31.4 Å². The van der Waals surface area contributed by atoms with Crippen molar-refractivity contribution >= 4 is 17.6 Å². The van der Waals surface area contributed by atoms with E-state index in [1.165, 1.54) is 0 Å². The fraction of sp³-hybridized carbons (Fsp3) is 0.500. The summed E-state index contributed by atoms with van der Waals surface area (Å²) in [6, 6.07) is 5.08. The van der Waals surface area contributed by atoms with Gasteiger partial charge in [-0.15, -0.1) is 0 Å². The lowest BCUT2D eigenvalue weighted by atomic mass is 10.1. The van der Waals surface area contributed by atoms with Crippen molar-refractivity contribution in [2.45, 2.75) is 46.1 Å². The number of hydrogen-bond donors (Lipinski definition) is 3. The van der Waals surface area contributed by atoms with Crippen LogP contribution in [0.3, 0.4) is 0 Å². The van der Waals surface area contributed by atoms with Crippen molar-refractivity contribution in [2.75, 3.05) is 11.9 Å². The summed E-state index contributed by atoms with van der Waals surface area (Å²) in [6.07, 6.45) is 2.14. The highest BCUT2D eigenvalue weighted by Crippen LogP contribution is 2.18. The molecule has 3 N–H and O–H groups in total. The van der Waals surface area contributed by atoms with E-state index in [2.05, 4.69) is 10.6 Å². The lowest BCUT2D eigenvalue weighted by molar-refractivity contribution is -0.141. The van der Waals surface area contributed by atoms with Crippen molar-refractivity contribution in [2.24, 2.45) is 0 Å². The molecule has 21 heavy (non-hydrogen) atoms. The van der Waals surface area contributed by atoms with Crippen molar-refractivity contribution in [1.82, 2.24) is 5.32 Å². The van der Waals surface area contributed by atoms with Gasteiger partial charge in [0.1, 0.15) is 6.04 Å². The second-order valence-corrected chi connectivity index (χ2v) is 5.22. The molecule has 0 aliphatic rings. The van der Waals surface area contributed by atoms with Crippen LogP contribution >= 0.6 is 0 Å². The Kier molecular flexibility index (Phi) is 6.72. The van der Waals surface area contributed by atoms with Gasteiger partial charge in [0.2, 0.25) is 5.91 Å². The molecule has 1 aromatic rings. The molecule has 0 aliphatic heterocycles. The van der Waals surface area contributed by atoms with Crippen LogP contribution in [0.2, 0.25) is 0 Å². The summed E-state index contributed by atoms with van der Waals surface area (Å²) in [5.41, 5.74) is 3.04. The molecule has 0 saturated heterocycles. The molecule has 116 valence electrons. The number of anilines is 1. The molecule has 0 bridgehead atoms. The number of nitrogens with one attached hydrogen (secondary N) is 2. The first-order chi connectivity index (χ1) is 9.95. The van der Waals surface area contributed by atoms with Gasteiger partial charge >= 0.3 is 5.97 Å². The van der Waals surface area contributed by atoms with Gasteiger partial charge in [0, 0.05) is 5.69 Å². The topological polar surface area (TPSA) is 78.4 Å². The minimum Gasteiger partial charge on any atom is -0.480 e. The van der Waals surface area contributed by atoms with Gasteiger partial charge in [0.05, 0.1) is 6.54 Å². The van der Waals surface area contributed by atoms with E-state index in [4.69, 9.17) is 5.11 Å². The average Bonchev–Trinajstić information content (AvgIpc) is 2.42. The van der Waals surface area contributed by atoms with Gasteiger partial charge in [-0.3, -0.25) is 4.79 Å². The van der Waals surface area contributed by atoms with Crippen molar-refractivity contribution in [3.63, 3.8) is 0 Å². The Balaban J connectivity index is 2.55. The molecule has 1 rings (SSSR count). The van der Waals surface area contributed by atoms with Crippen LogP contribution in [0.15, 0.2) is 18.2 Å². The third-order valence-electron chi connectivity index (χ3n) is 3.39. The van der Waals surface area contributed by atoms with Crippen LogP contribution in [0, 0.1) is 13.8 Å². The molecule has 5 heteroatoms. The van der Waals surface area contributed by atoms with Crippen molar-refractivity contribution in [3.05, 3.63) is 29.3 Å². The molecule has 0 saturated carbocycles. The molecule has 0 radical (unpaired) electrons. The third-order valence-corrected chi connectivity index (χ3v) is 3.39. The Morgan fingerprint density at radius 3 is 2.38 bits per heavy atom. The quantitative estimate of drug-likeness (QED) is 0.688. The van der Waals surface area contributed by atoms with Gasteiger partial charge in [-0.2, -0.15) is 0 Å². The Morgan fingerprint density at radius 2 is 1.86 bits per heavy atom. The number of amides is 1. The van der Waals surface area contributed by atoms with Crippen molar-refractivity contribution < 1.29 is 14.7 Å². The Hall–Kier alpha value is -2.04. The summed E-state index contributed by atoms with van der Waals surface area (Å²) in [5, 5.41) is 14.7. The molecule has 0 fully saturated rings. The molecule has 1 amide bonds. The predicted molar refractivity (Wildman–Crippen MR) is 83.5 cm³/mol. The number of carbonyl (C=O) groups is 2. The van der Waals surface area contributed by atoms with Gasteiger partial charge in [0.15, 0.2) is 0 Å². The minimum atomic E-state index is -0.983. The largest absolute Gasteiger partial charge is 0.480 e. The van der Waals surface area contributed by atoms with E-state index in [0.29, 0.717) is 6.42 Å². The normalized spacial score (nSPS) is 11.8. The van der Waals surface area contributed by atoms with E-state index in [0.717, 1.165) is 29.7 Å². The number of carbonyl (C=O) groups excluding carboxylic acids is 1. The number of hydrogen-bond acceptors (Lipinski definition) is 3. The van der Waals surface area contributed by atoms with E-state index in [1.807, 2.05) is 39.0 Å². The number of rotatable bonds is 8. The highest BCUT2D eigenvalue weighted by molar-refractivity contribution is 5.86. The lowest BCUT2D eigenvalue weighted by Crippen LogP contribution is -2.43. The molecule has 0 aromatic heterocycles. The number of carboxylic acid groups (broad SMARTS) is 1. The van der Waals surface area contributed by atoms with Crippen LogP contribution in [0.5, 0.6) is 0 Å². The second-order valence-electron chi connectivity index (χ2n) is 5.22. The van der Waals surface area contributed by atoms with Crippen LogP contribution in [-0.2, 0) is 9.59 Å². The summed E-state index contributed by atoms with van der Waals surface area (Å²) in [6.45, 7) is 5.99. The number of benzene rings is 1. The van der Waals surface area contributed by atoms with Crippen LogP contribution in [-0.4, -0.2) is 29.6 Å². The zero-order valence-electron chi connectivity index (χ0n) is 12.9. The van der Waals surface area contributed by atoms with E-state index in [-0.39, 0.29) is 12.5 Å². The van der Waals surface area contributed by atoms with Crippen molar-refractivity contribution in [3.8, 4) is 0 Å². The number of carboxylic acids is 1. The maximum absolute atomic E-state index is 11.9. The molecule has 0 spiro atoms. The number of aryl methyl sites for hydroxylation is 2. The maximum Gasteiger partial charge on any atom is 0.326 e. The van der Waals surface area contributed by atoms with Gasteiger partial charge in [0.25, 0.3) is 0 Å². The summed E-state index contributed by atoms with van der Waals surface area (Å²) in [4.78, 5) is 23.0. The standard InChI is InChI=1S/C16H24N2O3/c1-4-5-9-13(16(20)21)18-14(19)10-17-15-11(2)7-6-8-12(15)3/h6-8,13,17H,4-5,9-10H2,1-3H3,(H,18,19)(H,20,21). The van der Waals surface area contributed by atoms with E-state index in [9.17, 15) is 9.59 Å². The van der Waals surface area contributed by atoms with Gasteiger partial charge < -0.3 is 15.7 Å². The highest BCUT2D eigenvalue weighted by atomic mass is 16.4. The van der Waals surface area contributed by atoms with Gasteiger partial charge in [-0.25, -0.2) is 4.79 Å². The van der Waals surface area contributed by atoms with E-state index < -0.39 is 12.0 Å². The first kappa shape index (κ1) is 17.0. The molecule has 1 unspecified atom stereocenters. The van der Waals surface area contributed by atoms with Gasteiger partial charge in [-0.1, -0.05) is 38.0 Å². The summed E-state index contributed by atoms with van der Waals surface area (Å²) in [7, 11) is 0. The zero-order chi connectivity index (χ0) is 15.8. The molecule has 0 aliphatic carbocycles. The SMILES string of the molecule is CCCCC(NC(=O)CNc1c(C)cccc1C)C(=O)O. The van der Waals surface area contributed by atoms with E-state index in [1.54, 1.807) is 0 Å².